The topological polar surface area (TPSA) is 0 Å². The first kappa shape index (κ1) is 11.1. The van der Waals surface area contributed by atoms with Gasteiger partial charge in [0.15, 0.2) is 0 Å². The molecule has 1 aromatic rings. The van der Waals surface area contributed by atoms with Crippen LogP contribution in [0.5, 0.6) is 0 Å². The molecule has 3 heteroatoms. The van der Waals surface area contributed by atoms with E-state index in [0.717, 1.165) is 6.42 Å². The van der Waals surface area contributed by atoms with Gasteiger partial charge in [-0.2, -0.15) is 0 Å². The summed E-state index contributed by atoms with van der Waals surface area (Å²) >= 11 is 3.43. The number of halogens is 3. The summed E-state index contributed by atoms with van der Waals surface area (Å²) in [4.78, 5) is -0.0723. The molecule has 0 aliphatic heterocycles. The quantitative estimate of drug-likeness (QED) is 0.616. The number of hydrogen-bond donors (Lipinski definition) is 0. The van der Waals surface area contributed by atoms with Crippen LogP contribution in [0.2, 0.25) is 0 Å². The number of benzene rings is 1. The van der Waals surface area contributed by atoms with Crippen LogP contribution in [-0.4, -0.2) is 0 Å². The van der Waals surface area contributed by atoms with Crippen LogP contribution in [0.15, 0.2) is 6.07 Å². The Balaban J connectivity index is 2.78. The molecule has 0 spiro atoms. The molecule has 2 rings (SSSR count). The second-order valence-electron chi connectivity index (χ2n) is 4.83. The molecular formula is C12H13BrF2. The molecule has 1 aliphatic carbocycles. The summed E-state index contributed by atoms with van der Waals surface area (Å²) in [6, 6.07) is 1.29. The zero-order valence-corrected chi connectivity index (χ0v) is 10.6. The van der Waals surface area contributed by atoms with Gasteiger partial charge in [0.1, 0.15) is 11.6 Å². The van der Waals surface area contributed by atoms with Gasteiger partial charge in [-0.1, -0.05) is 29.8 Å². The largest absolute Gasteiger partial charge is 0.207 e. The average Bonchev–Trinajstić information content (AvgIpc) is 2.32. The molecule has 0 radical (unpaired) electrons. The third kappa shape index (κ3) is 1.52. The van der Waals surface area contributed by atoms with Gasteiger partial charge in [-0.15, -0.1) is 0 Å². The van der Waals surface area contributed by atoms with Crippen LogP contribution >= 0.6 is 15.9 Å². The molecule has 0 fully saturated rings. The van der Waals surface area contributed by atoms with E-state index >= 15 is 0 Å². The minimum absolute atomic E-state index is 0.0723. The maximum atomic E-state index is 13.9. The van der Waals surface area contributed by atoms with Crippen LogP contribution in [0.4, 0.5) is 8.78 Å². The fourth-order valence-electron chi connectivity index (χ4n) is 2.41. The first-order valence-corrected chi connectivity index (χ1v) is 5.89. The van der Waals surface area contributed by atoms with Crippen molar-refractivity contribution in [2.75, 3.05) is 0 Å². The predicted molar refractivity (Wildman–Crippen MR) is 60.4 cm³/mol. The number of hydrogen-bond acceptors (Lipinski definition) is 0. The summed E-state index contributed by atoms with van der Waals surface area (Å²) in [6.07, 6.45) is 0.736. The molecule has 82 valence electrons. The van der Waals surface area contributed by atoms with Gasteiger partial charge in [0.2, 0.25) is 0 Å². The van der Waals surface area contributed by atoms with E-state index in [4.69, 9.17) is 0 Å². The van der Waals surface area contributed by atoms with Crippen LogP contribution < -0.4 is 0 Å². The SMILES string of the molecule is Cc1cc(F)c2c(c1F)C(Br)CC2(C)C. The highest BCUT2D eigenvalue weighted by atomic mass is 79.9. The molecule has 1 aromatic carbocycles. The Morgan fingerprint density at radius 2 is 2.00 bits per heavy atom. The summed E-state index contributed by atoms with van der Waals surface area (Å²) < 4.78 is 27.7. The van der Waals surface area contributed by atoms with Crippen LogP contribution in [0, 0.1) is 18.6 Å². The third-order valence-corrected chi connectivity index (χ3v) is 3.90. The molecule has 0 amide bonds. The number of aryl methyl sites for hydroxylation is 1. The van der Waals surface area contributed by atoms with Gasteiger partial charge in [0.05, 0.1) is 0 Å². The lowest BCUT2D eigenvalue weighted by Gasteiger charge is -2.19. The average molecular weight is 275 g/mol. The van der Waals surface area contributed by atoms with Crippen molar-refractivity contribution in [2.24, 2.45) is 0 Å². The Morgan fingerprint density at radius 1 is 1.40 bits per heavy atom. The monoisotopic (exact) mass is 274 g/mol. The number of fused-ring (bicyclic) bond motifs is 1. The van der Waals surface area contributed by atoms with Gasteiger partial charge in [-0.05, 0) is 30.4 Å². The fourth-order valence-corrected chi connectivity index (χ4v) is 3.65. The Kier molecular flexibility index (Phi) is 2.41. The van der Waals surface area contributed by atoms with Crippen LogP contribution in [0.1, 0.15) is 41.8 Å². The van der Waals surface area contributed by atoms with Gasteiger partial charge >= 0.3 is 0 Å². The molecule has 0 saturated carbocycles. The number of rotatable bonds is 0. The molecule has 0 aromatic heterocycles. The van der Waals surface area contributed by atoms with Crippen molar-refractivity contribution in [2.45, 2.75) is 37.4 Å². The molecule has 0 saturated heterocycles. The van der Waals surface area contributed by atoms with Crippen molar-refractivity contribution in [3.05, 3.63) is 34.4 Å². The van der Waals surface area contributed by atoms with Crippen LogP contribution in [-0.2, 0) is 5.41 Å². The highest BCUT2D eigenvalue weighted by Crippen LogP contribution is 2.51. The van der Waals surface area contributed by atoms with Gasteiger partial charge in [-0.25, -0.2) is 8.78 Å². The third-order valence-electron chi connectivity index (χ3n) is 3.11. The minimum Gasteiger partial charge on any atom is -0.207 e. The van der Waals surface area contributed by atoms with Crippen LogP contribution in [0.25, 0.3) is 0 Å². The van der Waals surface area contributed by atoms with Crippen molar-refractivity contribution >= 4 is 15.9 Å². The normalized spacial score (nSPS) is 22.9. The van der Waals surface area contributed by atoms with E-state index < -0.39 is 0 Å². The Hall–Kier alpha value is -0.440. The second-order valence-corrected chi connectivity index (χ2v) is 5.94. The van der Waals surface area contributed by atoms with E-state index in [9.17, 15) is 8.78 Å². The smallest absolute Gasteiger partial charge is 0.130 e. The van der Waals surface area contributed by atoms with E-state index in [1.807, 2.05) is 13.8 Å². The van der Waals surface area contributed by atoms with Crippen molar-refractivity contribution < 1.29 is 8.78 Å². The van der Waals surface area contributed by atoms with E-state index in [1.54, 1.807) is 6.92 Å². The molecule has 0 N–H and O–H groups in total. The molecule has 0 bridgehead atoms. The first-order chi connectivity index (χ1) is 6.84. The Bertz CT molecular complexity index is 424. The van der Waals surface area contributed by atoms with Gasteiger partial charge in [0.25, 0.3) is 0 Å². The lowest BCUT2D eigenvalue weighted by molar-refractivity contribution is 0.486. The molecule has 0 nitrogen and oxygen atoms in total. The summed E-state index contributed by atoms with van der Waals surface area (Å²) in [7, 11) is 0. The zero-order chi connectivity index (χ0) is 11.4. The number of alkyl halides is 1. The Morgan fingerprint density at radius 3 is 2.60 bits per heavy atom. The standard InChI is InChI=1S/C12H13BrF2/c1-6-4-8(14)10-9(11(6)15)7(13)5-12(10,2)3/h4,7H,5H2,1-3H3. The highest BCUT2D eigenvalue weighted by Gasteiger charge is 2.40. The van der Waals surface area contributed by atoms with Crippen molar-refractivity contribution in [1.82, 2.24) is 0 Å². The molecule has 15 heavy (non-hydrogen) atoms. The van der Waals surface area contributed by atoms with Crippen molar-refractivity contribution in [1.29, 1.82) is 0 Å². The summed E-state index contributed by atoms with van der Waals surface area (Å²) in [5.41, 5.74) is 1.14. The van der Waals surface area contributed by atoms with E-state index in [-0.39, 0.29) is 21.9 Å². The molecular weight excluding hydrogens is 262 g/mol. The maximum absolute atomic E-state index is 13.9. The predicted octanol–water partition coefficient (Wildman–Crippen LogP) is 4.39. The molecule has 1 aliphatic rings. The summed E-state index contributed by atoms with van der Waals surface area (Å²) in [5, 5.41) is 0. The summed E-state index contributed by atoms with van der Waals surface area (Å²) in [5.74, 6) is -0.547. The second kappa shape index (κ2) is 3.27. The molecule has 1 unspecified atom stereocenters. The van der Waals surface area contributed by atoms with Gasteiger partial charge in [0, 0.05) is 16.0 Å². The minimum atomic E-state index is -0.290. The van der Waals surface area contributed by atoms with E-state index in [1.165, 1.54) is 6.07 Å². The van der Waals surface area contributed by atoms with Gasteiger partial charge in [-0.3, -0.25) is 0 Å². The highest BCUT2D eigenvalue weighted by molar-refractivity contribution is 9.09. The van der Waals surface area contributed by atoms with Crippen molar-refractivity contribution in [3.63, 3.8) is 0 Å². The fraction of sp³-hybridized carbons (Fsp3) is 0.500. The maximum Gasteiger partial charge on any atom is 0.130 e. The Labute approximate surface area is 96.8 Å². The van der Waals surface area contributed by atoms with Crippen LogP contribution in [0.3, 0.4) is 0 Å². The zero-order valence-electron chi connectivity index (χ0n) is 9.00. The van der Waals surface area contributed by atoms with Gasteiger partial charge < -0.3 is 0 Å². The molecule has 1 atom stereocenters. The lowest BCUT2D eigenvalue weighted by Crippen LogP contribution is -2.14. The molecule has 0 heterocycles. The van der Waals surface area contributed by atoms with E-state index in [2.05, 4.69) is 15.9 Å². The summed E-state index contributed by atoms with van der Waals surface area (Å²) in [6.45, 7) is 5.50. The van der Waals surface area contributed by atoms with E-state index in [0.29, 0.717) is 16.7 Å². The first-order valence-electron chi connectivity index (χ1n) is 4.97. The lowest BCUT2D eigenvalue weighted by atomic mass is 9.86. The van der Waals surface area contributed by atoms with Crippen molar-refractivity contribution in [3.8, 4) is 0 Å².